The van der Waals surface area contributed by atoms with Crippen molar-refractivity contribution in [2.24, 2.45) is 0 Å². The second-order valence-corrected chi connectivity index (χ2v) is 6.05. The number of carboxylic acids is 1. The maximum atomic E-state index is 11.7. The molecule has 1 unspecified atom stereocenters. The lowest BCUT2D eigenvalue weighted by Crippen LogP contribution is -2.43. The molecule has 0 aromatic heterocycles. The van der Waals surface area contributed by atoms with E-state index in [-0.39, 0.29) is 19.9 Å². The van der Waals surface area contributed by atoms with Crippen molar-refractivity contribution in [1.29, 1.82) is 0 Å². The van der Waals surface area contributed by atoms with Crippen molar-refractivity contribution >= 4 is 12.1 Å². The van der Waals surface area contributed by atoms with E-state index in [1.54, 1.807) is 26.8 Å². The van der Waals surface area contributed by atoms with Crippen LogP contribution in [0.4, 0.5) is 4.79 Å². The summed E-state index contributed by atoms with van der Waals surface area (Å²) in [6.45, 7) is 5.05. The summed E-state index contributed by atoms with van der Waals surface area (Å²) in [5.74, 6) is -2.73. The van der Waals surface area contributed by atoms with Crippen LogP contribution in [0.3, 0.4) is 0 Å². The molecule has 0 heterocycles. The highest BCUT2D eigenvalue weighted by atomic mass is 16.6. The van der Waals surface area contributed by atoms with E-state index in [0.717, 1.165) is 0 Å². The summed E-state index contributed by atoms with van der Waals surface area (Å²) < 4.78 is 16.9. The fourth-order valence-electron chi connectivity index (χ4n) is 1.79. The normalized spacial score (nSPS) is 23.3. The summed E-state index contributed by atoms with van der Waals surface area (Å²) in [6.07, 6.45) is 3.84. The van der Waals surface area contributed by atoms with Gasteiger partial charge in [-0.3, -0.25) is 0 Å². The molecule has 0 aliphatic heterocycles. The van der Waals surface area contributed by atoms with E-state index >= 15 is 0 Å². The van der Waals surface area contributed by atoms with Crippen LogP contribution in [0, 0.1) is 0 Å². The van der Waals surface area contributed by atoms with E-state index in [0.29, 0.717) is 5.57 Å². The molecule has 0 spiro atoms. The van der Waals surface area contributed by atoms with Crippen molar-refractivity contribution in [2.45, 2.75) is 51.0 Å². The quantitative estimate of drug-likeness (QED) is 0.665. The average molecular weight is 314 g/mol. The predicted molar refractivity (Wildman–Crippen MR) is 79.2 cm³/mol. The Morgan fingerprint density at radius 2 is 2.23 bits per heavy atom. The van der Waals surface area contributed by atoms with Gasteiger partial charge in [-0.15, -0.1) is 0 Å². The van der Waals surface area contributed by atoms with E-state index in [1.165, 1.54) is 12.2 Å². The van der Waals surface area contributed by atoms with Crippen LogP contribution in [0.2, 0.25) is 0 Å². The summed E-state index contributed by atoms with van der Waals surface area (Å²) in [5.41, 5.74) is -0.0898. The van der Waals surface area contributed by atoms with Crippen molar-refractivity contribution in [2.75, 3.05) is 7.09 Å². The van der Waals surface area contributed by atoms with Crippen LogP contribution >= 0.6 is 0 Å². The SMILES string of the molecule is [2H]COC1(O)C=CC(C[C@H](NC(=O)OC(C)(C)C)C(=O)O)=CC1. The molecule has 0 aromatic rings. The largest absolute Gasteiger partial charge is 0.480 e. The molecular weight excluding hydrogens is 290 g/mol. The van der Waals surface area contributed by atoms with E-state index in [4.69, 9.17) is 10.8 Å². The van der Waals surface area contributed by atoms with Gasteiger partial charge in [0.1, 0.15) is 11.6 Å². The number of carbonyl (C=O) groups excluding carboxylic acids is 1. The van der Waals surface area contributed by atoms with E-state index in [9.17, 15) is 19.8 Å². The van der Waals surface area contributed by atoms with Crippen molar-refractivity contribution in [1.82, 2.24) is 5.32 Å². The minimum atomic E-state index is -1.54. The molecule has 0 bridgehead atoms. The topological polar surface area (TPSA) is 105 Å². The van der Waals surface area contributed by atoms with Gasteiger partial charge in [-0.1, -0.05) is 12.2 Å². The second-order valence-electron chi connectivity index (χ2n) is 6.05. The molecule has 1 amide bonds. The third kappa shape index (κ3) is 5.87. The van der Waals surface area contributed by atoms with Gasteiger partial charge in [0.05, 0.1) is 1.37 Å². The molecule has 7 nitrogen and oxygen atoms in total. The molecule has 1 rings (SSSR count). The Kier molecular flexibility index (Phi) is 5.20. The summed E-state index contributed by atoms with van der Waals surface area (Å²) >= 11 is 0. The van der Waals surface area contributed by atoms with Crippen molar-refractivity contribution in [3.05, 3.63) is 23.8 Å². The fraction of sp³-hybridized carbons (Fsp3) is 0.600. The lowest BCUT2D eigenvalue weighted by molar-refractivity contribution is -0.143. The Morgan fingerprint density at radius 3 is 2.68 bits per heavy atom. The maximum Gasteiger partial charge on any atom is 0.408 e. The smallest absolute Gasteiger partial charge is 0.408 e. The molecule has 0 radical (unpaired) electrons. The number of ether oxygens (including phenoxy) is 2. The monoisotopic (exact) mass is 314 g/mol. The number of rotatable bonds is 5. The molecule has 1 aliphatic rings. The Balaban J connectivity index is 2.65. The first-order valence-corrected chi connectivity index (χ1v) is 6.81. The third-order valence-corrected chi connectivity index (χ3v) is 2.89. The lowest BCUT2D eigenvalue weighted by Gasteiger charge is -2.26. The van der Waals surface area contributed by atoms with Crippen LogP contribution in [0.15, 0.2) is 23.8 Å². The average Bonchev–Trinajstić information content (AvgIpc) is 2.38. The van der Waals surface area contributed by atoms with Crippen LogP contribution in [0.25, 0.3) is 0 Å². The van der Waals surface area contributed by atoms with E-state index in [1.807, 2.05) is 0 Å². The van der Waals surface area contributed by atoms with Gasteiger partial charge < -0.3 is 25.0 Å². The Bertz CT molecular complexity index is 511. The lowest BCUT2D eigenvalue weighted by atomic mass is 9.97. The van der Waals surface area contributed by atoms with Gasteiger partial charge >= 0.3 is 12.1 Å². The number of aliphatic carboxylic acids is 1. The van der Waals surface area contributed by atoms with Gasteiger partial charge in [-0.25, -0.2) is 9.59 Å². The number of aliphatic hydroxyl groups is 1. The first-order chi connectivity index (χ1) is 10.5. The van der Waals surface area contributed by atoms with Crippen LogP contribution in [0.1, 0.15) is 35.0 Å². The number of nitrogens with one attached hydrogen (secondary N) is 1. The molecule has 0 saturated heterocycles. The molecule has 1 aliphatic carbocycles. The molecular formula is C15H23NO6. The first kappa shape index (κ1) is 16.5. The number of carbonyl (C=O) groups is 2. The summed E-state index contributed by atoms with van der Waals surface area (Å²) in [6, 6.07) is -1.15. The highest BCUT2D eigenvalue weighted by Crippen LogP contribution is 2.23. The number of carboxylic acid groups (broad SMARTS) is 1. The molecule has 124 valence electrons. The third-order valence-electron chi connectivity index (χ3n) is 2.89. The molecule has 0 fully saturated rings. The maximum absolute atomic E-state index is 11.7. The molecule has 7 heteroatoms. The molecule has 0 saturated carbocycles. The van der Waals surface area contributed by atoms with Crippen LogP contribution in [-0.2, 0) is 14.3 Å². The summed E-state index contributed by atoms with van der Waals surface area (Å²) in [4.78, 5) is 23.0. The minimum absolute atomic E-state index is 0.0437. The molecule has 22 heavy (non-hydrogen) atoms. The summed E-state index contributed by atoms with van der Waals surface area (Å²) in [7, 11) is -0.387. The van der Waals surface area contributed by atoms with Crippen molar-refractivity contribution in [3.63, 3.8) is 0 Å². The van der Waals surface area contributed by atoms with E-state index < -0.39 is 29.5 Å². The highest BCUT2D eigenvalue weighted by Gasteiger charge is 2.28. The van der Waals surface area contributed by atoms with Gasteiger partial charge in [0.2, 0.25) is 0 Å². The summed E-state index contributed by atoms with van der Waals surface area (Å²) in [5, 5.41) is 21.5. The number of alkyl carbamates (subject to hydrolysis) is 1. The van der Waals surface area contributed by atoms with Crippen LogP contribution in [0.5, 0.6) is 0 Å². The Morgan fingerprint density at radius 1 is 1.55 bits per heavy atom. The Hall–Kier alpha value is -1.86. The number of allylic oxidation sites excluding steroid dienone is 1. The zero-order chi connectivity index (χ0) is 17.7. The number of amides is 1. The molecule has 0 aromatic carbocycles. The zero-order valence-corrected chi connectivity index (χ0v) is 13.0. The van der Waals surface area contributed by atoms with Crippen LogP contribution in [-0.4, -0.2) is 46.8 Å². The zero-order valence-electron chi connectivity index (χ0n) is 14.0. The Labute approximate surface area is 131 Å². The van der Waals surface area contributed by atoms with Crippen molar-refractivity contribution < 1.29 is 30.6 Å². The standard InChI is InChI=1S/C15H23NO6/c1-14(2,3)22-13(19)16-11(12(17)18)9-10-5-7-15(20,21-4)8-6-10/h5-7,11,20H,8-9H2,1-4H3,(H,16,19)(H,17,18)/t11-,15?/m0/s1/i4D. The molecule has 3 N–H and O–H groups in total. The van der Waals surface area contributed by atoms with Crippen LogP contribution < -0.4 is 5.32 Å². The predicted octanol–water partition coefficient (Wildman–Crippen LogP) is 1.58. The van der Waals surface area contributed by atoms with Gasteiger partial charge in [0.25, 0.3) is 0 Å². The molecule has 2 atom stereocenters. The van der Waals surface area contributed by atoms with Gasteiger partial charge in [0, 0.05) is 19.9 Å². The highest BCUT2D eigenvalue weighted by molar-refractivity contribution is 5.80. The van der Waals surface area contributed by atoms with Gasteiger partial charge in [-0.2, -0.15) is 0 Å². The number of hydrogen-bond donors (Lipinski definition) is 3. The van der Waals surface area contributed by atoms with Gasteiger partial charge in [-0.05, 0) is 32.4 Å². The second kappa shape index (κ2) is 6.93. The first-order valence-electron chi connectivity index (χ1n) is 7.51. The van der Waals surface area contributed by atoms with Crippen molar-refractivity contribution in [3.8, 4) is 0 Å². The minimum Gasteiger partial charge on any atom is -0.480 e. The van der Waals surface area contributed by atoms with E-state index in [2.05, 4.69) is 5.32 Å². The number of hydrogen-bond acceptors (Lipinski definition) is 5. The fourth-order valence-corrected chi connectivity index (χ4v) is 1.79. The number of methoxy groups -OCH3 is 1. The van der Waals surface area contributed by atoms with Gasteiger partial charge in [0.15, 0.2) is 5.79 Å².